The van der Waals surface area contributed by atoms with Gasteiger partial charge >= 0.3 is 12.2 Å². The predicted molar refractivity (Wildman–Crippen MR) is 84.8 cm³/mol. The minimum Gasteiger partial charge on any atom is -0.611 e. The predicted octanol–water partition coefficient (Wildman–Crippen LogP) is 3.35. The average Bonchev–Trinajstić information content (AvgIpc) is 2.97. The lowest BCUT2D eigenvalue weighted by Gasteiger charge is -2.17. The number of ketones is 1. The number of nitrogens with zero attached hydrogens (tertiary/aromatic N) is 2. The molecule has 1 atom stereocenters. The number of rotatable bonds is 7. The number of hydrogen-bond acceptors (Lipinski definition) is 6. The van der Waals surface area contributed by atoms with Gasteiger partial charge in [0.05, 0.1) is 12.1 Å². The molecule has 1 aromatic heterocycles. The van der Waals surface area contributed by atoms with Crippen molar-refractivity contribution in [3.8, 4) is 0 Å². The summed E-state index contributed by atoms with van der Waals surface area (Å²) in [6.07, 6.45) is -4.60. The van der Waals surface area contributed by atoms with E-state index < -0.39 is 51.5 Å². The van der Waals surface area contributed by atoms with Crippen LogP contribution in [0.15, 0.2) is 21.4 Å². The van der Waals surface area contributed by atoms with Crippen molar-refractivity contribution >= 4 is 23.0 Å². The molecule has 0 aliphatic carbocycles. The zero-order chi connectivity index (χ0) is 19.5. The number of hydrogen-bond donors (Lipinski definition) is 1. The molecule has 0 bridgehead atoms. The number of halogens is 4. The van der Waals surface area contributed by atoms with Crippen molar-refractivity contribution in [3.63, 3.8) is 0 Å². The van der Waals surface area contributed by atoms with Gasteiger partial charge in [-0.15, -0.1) is 5.10 Å². The molecule has 11 heteroatoms. The van der Waals surface area contributed by atoms with E-state index in [9.17, 15) is 26.9 Å². The first-order chi connectivity index (χ1) is 12.1. The summed E-state index contributed by atoms with van der Waals surface area (Å²) in [5, 5.41) is 9.56. The molecule has 142 valence electrons. The van der Waals surface area contributed by atoms with Gasteiger partial charge in [-0.1, -0.05) is 12.0 Å². The molecule has 0 spiro atoms. The Kier molecular flexibility index (Phi) is 6.24. The number of carbonyl (C=O) groups excluding carboxylic acids is 1. The van der Waals surface area contributed by atoms with E-state index in [1.165, 1.54) is 6.92 Å². The quantitative estimate of drug-likeness (QED) is 0.441. The molecule has 0 unspecified atom stereocenters. The molecule has 0 aliphatic rings. The summed E-state index contributed by atoms with van der Waals surface area (Å²) in [5.41, 5.74) is -1.94. The maximum absolute atomic E-state index is 14.6. The van der Waals surface area contributed by atoms with Gasteiger partial charge in [0.15, 0.2) is 11.6 Å². The Morgan fingerprint density at radius 1 is 1.35 bits per heavy atom. The molecule has 0 saturated heterocycles. The molecular formula is C15H15F4N3O3S. The topological polar surface area (TPSA) is 91.1 Å². The van der Waals surface area contributed by atoms with E-state index in [1.807, 2.05) is 0 Å². The second kappa shape index (κ2) is 8.04. The molecule has 2 rings (SSSR count). The molecule has 0 fully saturated rings. The zero-order valence-electron chi connectivity index (χ0n) is 13.8. The van der Waals surface area contributed by atoms with Gasteiger partial charge in [0.1, 0.15) is 11.3 Å². The molecular weight excluding hydrogens is 378 g/mol. The van der Waals surface area contributed by atoms with Gasteiger partial charge in [0.25, 0.3) is 0 Å². The molecule has 0 saturated carbocycles. The number of carbonyl (C=O) groups is 1. The van der Waals surface area contributed by atoms with Crippen LogP contribution in [0.3, 0.4) is 0 Å². The first kappa shape index (κ1) is 20.2. The normalized spacial score (nSPS) is 12.9. The van der Waals surface area contributed by atoms with Gasteiger partial charge in [-0.2, -0.15) is 13.2 Å². The number of benzene rings is 1. The average molecular weight is 393 g/mol. The van der Waals surface area contributed by atoms with Crippen LogP contribution in [0.1, 0.15) is 35.2 Å². The molecule has 0 aliphatic heterocycles. The second-order valence-electron chi connectivity index (χ2n) is 5.25. The smallest absolute Gasteiger partial charge is 0.421 e. The van der Waals surface area contributed by atoms with E-state index in [0.717, 1.165) is 6.07 Å². The van der Waals surface area contributed by atoms with Gasteiger partial charge in [0, 0.05) is 6.92 Å². The van der Waals surface area contributed by atoms with Crippen LogP contribution in [0.2, 0.25) is 0 Å². The van der Waals surface area contributed by atoms with Crippen LogP contribution < -0.4 is 5.32 Å². The molecule has 26 heavy (non-hydrogen) atoms. The summed E-state index contributed by atoms with van der Waals surface area (Å²) in [6.45, 7) is 2.64. The van der Waals surface area contributed by atoms with Crippen molar-refractivity contribution < 1.29 is 31.3 Å². The number of Topliss-reactive ketones (excluding diaryl/α,β-unsaturated/α-hetero) is 1. The number of nitrogens with one attached hydrogen (secondary N) is 1. The summed E-state index contributed by atoms with van der Waals surface area (Å²) in [6, 6.07) is 1.21. The fourth-order valence-electron chi connectivity index (χ4n) is 2.12. The lowest BCUT2D eigenvalue weighted by Crippen LogP contribution is -2.21. The van der Waals surface area contributed by atoms with E-state index in [0.29, 0.717) is 12.5 Å². The van der Waals surface area contributed by atoms with Crippen molar-refractivity contribution in [1.82, 2.24) is 10.2 Å². The standard InChI is InChI=1S/C15H15F4N3O3S/c1-3-6-26(24)13-10(15(17,18)19)5-4-9(12(13)16)11(23)7-20-14-22-21-8(2)25-14/h4-5H,3,6-7H2,1-2H3,(H,20,22)/t26-/m1/s1. The first-order valence-electron chi connectivity index (χ1n) is 7.50. The van der Waals surface area contributed by atoms with Crippen LogP contribution in [0.25, 0.3) is 0 Å². The minimum atomic E-state index is -4.89. The summed E-state index contributed by atoms with van der Waals surface area (Å²) in [7, 11) is 0. The fraction of sp³-hybridized carbons (Fsp3) is 0.400. The Morgan fingerprint density at radius 3 is 2.58 bits per heavy atom. The van der Waals surface area contributed by atoms with Crippen LogP contribution in [0.4, 0.5) is 23.6 Å². The van der Waals surface area contributed by atoms with E-state index in [4.69, 9.17) is 4.42 Å². The van der Waals surface area contributed by atoms with Gasteiger partial charge in [-0.05, 0) is 29.7 Å². The molecule has 1 aromatic carbocycles. The van der Waals surface area contributed by atoms with Crippen LogP contribution in [0, 0.1) is 12.7 Å². The number of alkyl halides is 3. The first-order valence-corrected chi connectivity index (χ1v) is 8.82. The van der Waals surface area contributed by atoms with E-state index in [2.05, 4.69) is 15.5 Å². The lowest BCUT2D eigenvalue weighted by molar-refractivity contribution is -0.140. The summed E-state index contributed by atoms with van der Waals surface area (Å²) in [4.78, 5) is 11.2. The monoisotopic (exact) mass is 393 g/mol. The Labute approximate surface area is 149 Å². The van der Waals surface area contributed by atoms with Gasteiger partial charge in [-0.25, -0.2) is 4.39 Å². The zero-order valence-corrected chi connectivity index (χ0v) is 14.6. The third kappa shape index (κ3) is 4.52. The van der Waals surface area contributed by atoms with E-state index in [-0.39, 0.29) is 17.7 Å². The fourth-order valence-corrected chi connectivity index (χ4v) is 3.44. The maximum atomic E-state index is 14.6. The van der Waals surface area contributed by atoms with Gasteiger partial charge < -0.3 is 14.3 Å². The third-order valence-corrected chi connectivity index (χ3v) is 4.88. The number of aryl methyl sites for hydroxylation is 1. The Morgan fingerprint density at radius 2 is 2.04 bits per heavy atom. The summed E-state index contributed by atoms with van der Waals surface area (Å²) < 4.78 is 71.0. The van der Waals surface area contributed by atoms with Crippen molar-refractivity contribution in [2.24, 2.45) is 0 Å². The Hall–Kier alpha value is -2.14. The van der Waals surface area contributed by atoms with Crippen molar-refractivity contribution in [2.75, 3.05) is 17.6 Å². The summed E-state index contributed by atoms with van der Waals surface area (Å²) in [5.74, 6) is -2.20. The van der Waals surface area contributed by atoms with Crippen LogP contribution in [0.5, 0.6) is 0 Å². The molecule has 0 radical (unpaired) electrons. The van der Waals surface area contributed by atoms with Gasteiger partial charge in [0.2, 0.25) is 10.8 Å². The highest BCUT2D eigenvalue weighted by molar-refractivity contribution is 7.91. The molecule has 0 amide bonds. The Bertz CT molecular complexity index is 795. The molecule has 6 nitrogen and oxygen atoms in total. The molecule has 1 heterocycles. The minimum absolute atomic E-state index is 0.0852. The van der Waals surface area contributed by atoms with Crippen molar-refractivity contribution in [3.05, 3.63) is 35.0 Å². The van der Waals surface area contributed by atoms with Crippen molar-refractivity contribution in [1.29, 1.82) is 0 Å². The molecule has 2 aromatic rings. The third-order valence-electron chi connectivity index (χ3n) is 3.25. The number of aromatic nitrogens is 2. The van der Waals surface area contributed by atoms with Crippen LogP contribution >= 0.6 is 0 Å². The highest BCUT2D eigenvalue weighted by atomic mass is 32.2. The van der Waals surface area contributed by atoms with Crippen LogP contribution in [-0.4, -0.2) is 32.8 Å². The second-order valence-corrected chi connectivity index (χ2v) is 6.76. The number of anilines is 1. The maximum Gasteiger partial charge on any atom is 0.421 e. The molecule has 1 N–H and O–H groups in total. The van der Waals surface area contributed by atoms with E-state index >= 15 is 0 Å². The largest absolute Gasteiger partial charge is 0.611 e. The van der Waals surface area contributed by atoms with E-state index in [1.54, 1.807) is 6.92 Å². The highest BCUT2D eigenvalue weighted by Gasteiger charge is 2.40. The Balaban J connectivity index is 2.33. The summed E-state index contributed by atoms with van der Waals surface area (Å²) >= 11 is -2.22. The van der Waals surface area contributed by atoms with Crippen LogP contribution in [-0.2, 0) is 17.4 Å². The van der Waals surface area contributed by atoms with Crippen molar-refractivity contribution in [2.45, 2.75) is 31.3 Å². The van der Waals surface area contributed by atoms with Gasteiger partial charge in [-0.3, -0.25) is 4.79 Å². The SMILES string of the molecule is CCC[S@@+]([O-])c1c(C(F)(F)F)ccc(C(=O)CNc2nnc(C)o2)c1F. The lowest BCUT2D eigenvalue weighted by atomic mass is 10.1. The highest BCUT2D eigenvalue weighted by Crippen LogP contribution is 2.37.